The Morgan fingerprint density at radius 3 is 2.50 bits per heavy atom. The molecule has 0 bridgehead atoms. The topological polar surface area (TPSA) is 15.3 Å². The third-order valence-corrected chi connectivity index (χ3v) is 4.49. The molecule has 0 saturated carbocycles. The fourth-order valence-electron chi connectivity index (χ4n) is 2.03. The summed E-state index contributed by atoms with van der Waals surface area (Å²) in [6.07, 6.45) is 1.28. The lowest BCUT2D eigenvalue weighted by Crippen LogP contribution is -2.34. The molecule has 2 nitrogen and oxygen atoms in total. The number of hydrogen-bond donors (Lipinski definition) is 1. The quantitative estimate of drug-likeness (QED) is 0.801. The van der Waals surface area contributed by atoms with Crippen LogP contribution in [-0.4, -0.2) is 24.0 Å². The molecule has 0 saturated heterocycles. The van der Waals surface area contributed by atoms with Gasteiger partial charge in [0.2, 0.25) is 0 Å². The standard InChI is InChI=1S/C17H32N2S/c1-13(2)8-9-19(7)12-15-10-16(20-14(15)3)11-18-17(4,5)6/h10,13,18H,8-9,11-12H2,1-7H3. The van der Waals surface area contributed by atoms with E-state index in [1.54, 1.807) is 0 Å². The van der Waals surface area contributed by atoms with Gasteiger partial charge in [-0.1, -0.05) is 13.8 Å². The molecule has 3 heteroatoms. The summed E-state index contributed by atoms with van der Waals surface area (Å²) in [5.41, 5.74) is 1.68. The van der Waals surface area contributed by atoms with Crippen molar-refractivity contribution in [3.8, 4) is 0 Å². The lowest BCUT2D eigenvalue weighted by molar-refractivity contribution is 0.303. The molecule has 0 fully saturated rings. The average molecular weight is 297 g/mol. The van der Waals surface area contributed by atoms with Gasteiger partial charge in [0.25, 0.3) is 0 Å². The van der Waals surface area contributed by atoms with Crippen LogP contribution in [0.2, 0.25) is 0 Å². The van der Waals surface area contributed by atoms with Gasteiger partial charge in [-0.25, -0.2) is 0 Å². The molecule has 1 heterocycles. The maximum atomic E-state index is 3.57. The number of nitrogens with one attached hydrogen (secondary N) is 1. The van der Waals surface area contributed by atoms with Gasteiger partial charge < -0.3 is 10.2 Å². The van der Waals surface area contributed by atoms with Crippen molar-refractivity contribution in [1.29, 1.82) is 0 Å². The van der Waals surface area contributed by atoms with Crippen molar-refractivity contribution in [2.75, 3.05) is 13.6 Å². The number of nitrogens with zero attached hydrogens (tertiary/aromatic N) is 1. The molecular formula is C17H32N2S. The molecule has 0 radical (unpaired) electrons. The second kappa shape index (κ2) is 7.58. The minimum atomic E-state index is 0.187. The van der Waals surface area contributed by atoms with E-state index in [0.717, 1.165) is 19.0 Å². The van der Waals surface area contributed by atoms with Crippen LogP contribution in [-0.2, 0) is 13.1 Å². The molecule has 1 rings (SSSR count). The Labute approximate surface area is 129 Å². The van der Waals surface area contributed by atoms with Gasteiger partial charge in [-0.2, -0.15) is 0 Å². The molecule has 0 aliphatic heterocycles. The largest absolute Gasteiger partial charge is 0.307 e. The van der Waals surface area contributed by atoms with Gasteiger partial charge in [0.05, 0.1) is 0 Å². The van der Waals surface area contributed by atoms with Crippen LogP contribution in [0.15, 0.2) is 6.07 Å². The highest BCUT2D eigenvalue weighted by Crippen LogP contribution is 2.23. The Morgan fingerprint density at radius 2 is 1.95 bits per heavy atom. The first-order valence-corrected chi connectivity index (χ1v) is 8.51. The average Bonchev–Trinajstić information content (AvgIpc) is 2.64. The van der Waals surface area contributed by atoms with E-state index in [4.69, 9.17) is 0 Å². The summed E-state index contributed by atoms with van der Waals surface area (Å²) in [6, 6.07) is 2.38. The molecule has 0 aliphatic carbocycles. The van der Waals surface area contributed by atoms with E-state index in [1.807, 2.05) is 11.3 Å². The van der Waals surface area contributed by atoms with Crippen LogP contribution in [0.1, 0.15) is 56.4 Å². The summed E-state index contributed by atoms with van der Waals surface area (Å²) in [5, 5.41) is 3.57. The van der Waals surface area contributed by atoms with Gasteiger partial charge in [-0.05, 0) is 65.3 Å². The first-order chi connectivity index (χ1) is 9.17. The zero-order valence-electron chi connectivity index (χ0n) is 14.3. The van der Waals surface area contributed by atoms with Gasteiger partial charge in [0.1, 0.15) is 0 Å². The highest BCUT2D eigenvalue weighted by atomic mass is 32.1. The third-order valence-electron chi connectivity index (χ3n) is 3.39. The van der Waals surface area contributed by atoms with Crippen molar-refractivity contribution in [1.82, 2.24) is 10.2 Å². The molecule has 0 amide bonds. The molecule has 20 heavy (non-hydrogen) atoms. The second-order valence-corrected chi connectivity index (χ2v) is 8.66. The second-order valence-electron chi connectivity index (χ2n) is 7.32. The zero-order chi connectivity index (χ0) is 15.3. The van der Waals surface area contributed by atoms with Crippen LogP contribution in [0.25, 0.3) is 0 Å². The van der Waals surface area contributed by atoms with Crippen molar-refractivity contribution in [3.63, 3.8) is 0 Å². The maximum Gasteiger partial charge on any atom is 0.0304 e. The fraction of sp³-hybridized carbons (Fsp3) is 0.765. The number of thiophene rings is 1. The first-order valence-electron chi connectivity index (χ1n) is 7.69. The summed E-state index contributed by atoms with van der Waals surface area (Å²) in [4.78, 5) is 5.35. The number of hydrogen-bond acceptors (Lipinski definition) is 3. The van der Waals surface area contributed by atoms with E-state index < -0.39 is 0 Å². The third kappa shape index (κ3) is 6.87. The maximum absolute atomic E-state index is 3.57. The predicted molar refractivity (Wildman–Crippen MR) is 91.4 cm³/mol. The molecule has 1 N–H and O–H groups in total. The summed E-state index contributed by atoms with van der Waals surface area (Å²) >= 11 is 1.93. The molecule has 0 aromatic carbocycles. The molecule has 116 valence electrons. The summed E-state index contributed by atoms with van der Waals surface area (Å²) in [6.45, 7) is 16.7. The highest BCUT2D eigenvalue weighted by Gasteiger charge is 2.12. The van der Waals surface area contributed by atoms with E-state index in [9.17, 15) is 0 Å². The molecule has 1 aromatic heterocycles. The van der Waals surface area contributed by atoms with Gasteiger partial charge in [-0.15, -0.1) is 11.3 Å². The van der Waals surface area contributed by atoms with E-state index in [1.165, 1.54) is 28.3 Å². The van der Waals surface area contributed by atoms with Crippen LogP contribution >= 0.6 is 11.3 Å². The van der Waals surface area contributed by atoms with Crippen molar-refractivity contribution < 1.29 is 0 Å². The Hall–Kier alpha value is -0.380. The van der Waals surface area contributed by atoms with Gasteiger partial charge in [-0.3, -0.25) is 0 Å². The van der Waals surface area contributed by atoms with E-state index >= 15 is 0 Å². The van der Waals surface area contributed by atoms with Crippen LogP contribution in [0.3, 0.4) is 0 Å². The fourth-order valence-corrected chi connectivity index (χ4v) is 3.03. The van der Waals surface area contributed by atoms with Crippen molar-refractivity contribution >= 4 is 11.3 Å². The van der Waals surface area contributed by atoms with E-state index in [0.29, 0.717) is 0 Å². The molecule has 0 atom stereocenters. The molecule has 1 aromatic rings. The molecule has 0 aliphatic rings. The minimum Gasteiger partial charge on any atom is -0.307 e. The normalized spacial score (nSPS) is 12.7. The van der Waals surface area contributed by atoms with E-state index in [2.05, 4.69) is 64.9 Å². The van der Waals surface area contributed by atoms with Crippen LogP contribution in [0.5, 0.6) is 0 Å². The predicted octanol–water partition coefficient (Wildman–Crippen LogP) is 4.42. The lowest BCUT2D eigenvalue weighted by atomic mass is 10.1. The number of rotatable bonds is 7. The molecular weight excluding hydrogens is 264 g/mol. The van der Waals surface area contributed by atoms with Crippen LogP contribution in [0, 0.1) is 12.8 Å². The molecule has 0 unspecified atom stereocenters. The van der Waals surface area contributed by atoms with Crippen LogP contribution < -0.4 is 5.32 Å². The number of aryl methyl sites for hydroxylation is 1. The minimum absolute atomic E-state index is 0.187. The van der Waals surface area contributed by atoms with Crippen molar-refractivity contribution in [2.24, 2.45) is 5.92 Å². The zero-order valence-corrected chi connectivity index (χ0v) is 15.2. The monoisotopic (exact) mass is 296 g/mol. The Morgan fingerprint density at radius 1 is 1.30 bits per heavy atom. The van der Waals surface area contributed by atoms with Gasteiger partial charge in [0.15, 0.2) is 0 Å². The molecule has 0 spiro atoms. The summed E-state index contributed by atoms with van der Waals surface area (Å²) in [7, 11) is 2.23. The Bertz CT molecular complexity index is 402. The Kier molecular flexibility index (Phi) is 6.70. The smallest absolute Gasteiger partial charge is 0.0304 e. The van der Waals surface area contributed by atoms with Crippen molar-refractivity contribution in [2.45, 2.75) is 66.6 Å². The highest BCUT2D eigenvalue weighted by molar-refractivity contribution is 7.12. The van der Waals surface area contributed by atoms with Gasteiger partial charge in [0, 0.05) is 28.4 Å². The lowest BCUT2D eigenvalue weighted by Gasteiger charge is -2.19. The van der Waals surface area contributed by atoms with E-state index in [-0.39, 0.29) is 5.54 Å². The van der Waals surface area contributed by atoms with Crippen LogP contribution in [0.4, 0.5) is 0 Å². The first kappa shape index (κ1) is 17.7. The SMILES string of the molecule is Cc1sc(CNC(C)(C)C)cc1CN(C)CCC(C)C. The summed E-state index contributed by atoms with van der Waals surface area (Å²) < 4.78 is 0. The van der Waals surface area contributed by atoms with Gasteiger partial charge >= 0.3 is 0 Å². The Balaban J connectivity index is 2.52. The van der Waals surface area contributed by atoms with Crippen molar-refractivity contribution in [3.05, 3.63) is 21.4 Å². The summed E-state index contributed by atoms with van der Waals surface area (Å²) in [5.74, 6) is 0.785.